The van der Waals surface area contributed by atoms with Crippen LogP contribution < -0.4 is 10.6 Å². The van der Waals surface area contributed by atoms with Crippen molar-refractivity contribution >= 4 is 22.8 Å². The Kier molecular flexibility index (Phi) is 7.51. The molecular weight excluding hydrogens is 326 g/mol. The van der Waals surface area contributed by atoms with E-state index in [2.05, 4.69) is 52.7 Å². The lowest BCUT2D eigenvalue weighted by Gasteiger charge is -2.13. The number of carbonyl (C=O) groups excluding carboxylic acids is 1. The second kappa shape index (κ2) is 9.85. The first-order valence-corrected chi connectivity index (χ1v) is 9.31. The van der Waals surface area contributed by atoms with E-state index in [9.17, 15) is 4.79 Å². The number of H-pyrrole nitrogens is 1. The summed E-state index contributed by atoms with van der Waals surface area (Å²) in [5.74, 6) is 0.695. The van der Waals surface area contributed by atoms with Gasteiger partial charge < -0.3 is 20.5 Å². The van der Waals surface area contributed by atoms with Crippen LogP contribution in [0, 0.1) is 6.92 Å². The third-order valence-corrected chi connectivity index (χ3v) is 4.39. The Morgan fingerprint density at radius 2 is 1.92 bits per heavy atom. The van der Waals surface area contributed by atoms with Crippen LogP contribution in [0.3, 0.4) is 0 Å². The number of benzene rings is 1. The molecule has 142 valence electrons. The molecule has 3 N–H and O–H groups in total. The average Bonchev–Trinajstić information content (AvgIpc) is 2.94. The number of nitrogens with zero attached hydrogens (tertiary/aromatic N) is 2. The van der Waals surface area contributed by atoms with Gasteiger partial charge in [0.15, 0.2) is 5.96 Å². The number of aryl methyl sites for hydroxylation is 1. The number of aromatic nitrogens is 1. The molecule has 0 aliphatic rings. The van der Waals surface area contributed by atoms with Crippen LogP contribution in [-0.4, -0.2) is 55.5 Å². The number of amides is 1. The molecule has 1 aromatic carbocycles. The Balaban J connectivity index is 1.97. The van der Waals surface area contributed by atoms with Gasteiger partial charge in [0.25, 0.3) is 0 Å². The fourth-order valence-electron chi connectivity index (χ4n) is 2.81. The summed E-state index contributed by atoms with van der Waals surface area (Å²) in [5, 5.41) is 7.93. The highest BCUT2D eigenvalue weighted by Gasteiger charge is 2.08. The molecule has 0 atom stereocenters. The summed E-state index contributed by atoms with van der Waals surface area (Å²) in [6.07, 6.45) is 3.08. The lowest BCUT2D eigenvalue weighted by atomic mass is 10.1. The Morgan fingerprint density at radius 3 is 2.65 bits per heavy atom. The second-order valence-electron chi connectivity index (χ2n) is 6.68. The van der Waals surface area contributed by atoms with Crippen LogP contribution in [0.2, 0.25) is 0 Å². The van der Waals surface area contributed by atoms with Crippen molar-refractivity contribution in [2.45, 2.75) is 33.1 Å². The van der Waals surface area contributed by atoms with Crippen molar-refractivity contribution in [3.63, 3.8) is 0 Å². The summed E-state index contributed by atoms with van der Waals surface area (Å²) in [5.41, 5.74) is 3.70. The molecule has 0 spiro atoms. The highest BCUT2D eigenvalue weighted by atomic mass is 16.2. The van der Waals surface area contributed by atoms with E-state index in [-0.39, 0.29) is 12.5 Å². The van der Waals surface area contributed by atoms with E-state index in [0.29, 0.717) is 5.96 Å². The number of rotatable bonds is 8. The van der Waals surface area contributed by atoms with Crippen molar-refractivity contribution in [1.29, 1.82) is 0 Å². The van der Waals surface area contributed by atoms with Crippen LogP contribution in [0.1, 0.15) is 31.0 Å². The zero-order valence-electron chi connectivity index (χ0n) is 16.4. The number of hydrogen-bond acceptors (Lipinski definition) is 2. The first kappa shape index (κ1) is 19.8. The van der Waals surface area contributed by atoms with E-state index >= 15 is 0 Å². The van der Waals surface area contributed by atoms with Gasteiger partial charge >= 0.3 is 0 Å². The van der Waals surface area contributed by atoms with E-state index in [0.717, 1.165) is 32.4 Å². The van der Waals surface area contributed by atoms with Gasteiger partial charge in [-0.2, -0.15) is 0 Å². The van der Waals surface area contributed by atoms with Gasteiger partial charge in [0.1, 0.15) is 6.54 Å². The number of likely N-dealkylation sites (N-methyl/N-ethyl adjacent to an activating group) is 1. The lowest BCUT2D eigenvalue weighted by molar-refractivity contribution is -0.127. The monoisotopic (exact) mass is 357 g/mol. The molecule has 0 saturated carbocycles. The van der Waals surface area contributed by atoms with E-state index in [1.807, 2.05) is 6.07 Å². The lowest BCUT2D eigenvalue weighted by Crippen LogP contribution is -2.40. The second-order valence-corrected chi connectivity index (χ2v) is 6.68. The minimum Gasteiger partial charge on any atom is -0.358 e. The first-order chi connectivity index (χ1) is 12.5. The standard InChI is InChI=1S/C20H31N5O/c1-5-6-12-21-20(23-14-19(26)25(3)4)22-13-11-16-15(2)24-18-10-8-7-9-17(16)18/h7-10,24H,5-6,11-14H2,1-4H3,(H2,21,22,23). The maximum Gasteiger partial charge on any atom is 0.243 e. The molecule has 6 nitrogen and oxygen atoms in total. The van der Waals surface area contributed by atoms with E-state index in [1.54, 1.807) is 19.0 Å². The van der Waals surface area contributed by atoms with Crippen LogP contribution in [0.15, 0.2) is 29.3 Å². The Hall–Kier alpha value is -2.50. The van der Waals surface area contributed by atoms with Crippen LogP contribution in [0.5, 0.6) is 0 Å². The molecule has 0 fully saturated rings. The van der Waals surface area contributed by atoms with Gasteiger partial charge in [-0.1, -0.05) is 31.5 Å². The summed E-state index contributed by atoms with van der Waals surface area (Å²) in [7, 11) is 3.49. The number of hydrogen-bond donors (Lipinski definition) is 3. The third-order valence-electron chi connectivity index (χ3n) is 4.39. The van der Waals surface area contributed by atoms with Crippen molar-refractivity contribution < 1.29 is 4.79 Å². The number of guanidine groups is 1. The minimum atomic E-state index is -0.00550. The molecule has 0 saturated heterocycles. The molecule has 0 aliphatic heterocycles. The number of fused-ring (bicyclic) bond motifs is 1. The maximum absolute atomic E-state index is 11.8. The molecule has 1 heterocycles. The van der Waals surface area contributed by atoms with Crippen molar-refractivity contribution in [2.24, 2.45) is 4.99 Å². The van der Waals surface area contributed by atoms with Crippen molar-refractivity contribution in [3.8, 4) is 0 Å². The van der Waals surface area contributed by atoms with E-state index < -0.39 is 0 Å². The summed E-state index contributed by atoms with van der Waals surface area (Å²) in [6.45, 7) is 6.03. The largest absolute Gasteiger partial charge is 0.358 e. The van der Waals surface area contributed by atoms with Crippen molar-refractivity contribution in [3.05, 3.63) is 35.5 Å². The van der Waals surface area contributed by atoms with Crippen LogP contribution in [0.4, 0.5) is 0 Å². The molecule has 6 heteroatoms. The molecule has 26 heavy (non-hydrogen) atoms. The predicted octanol–water partition coefficient (Wildman–Crippen LogP) is 2.44. The van der Waals surface area contributed by atoms with Crippen LogP contribution in [0.25, 0.3) is 10.9 Å². The SMILES string of the molecule is CCCCNC(=NCC(=O)N(C)C)NCCc1c(C)[nH]c2ccccc12. The van der Waals surface area contributed by atoms with Gasteiger partial charge in [0.2, 0.25) is 5.91 Å². The smallest absolute Gasteiger partial charge is 0.243 e. The summed E-state index contributed by atoms with van der Waals surface area (Å²) in [4.78, 5) is 21.2. The first-order valence-electron chi connectivity index (χ1n) is 9.31. The Morgan fingerprint density at radius 1 is 1.19 bits per heavy atom. The number of aliphatic imine (C=N–C) groups is 1. The summed E-state index contributed by atoms with van der Waals surface area (Å²) in [6, 6.07) is 8.37. The predicted molar refractivity (Wildman–Crippen MR) is 109 cm³/mol. The molecule has 0 aliphatic carbocycles. The summed E-state index contributed by atoms with van der Waals surface area (Å²) < 4.78 is 0. The maximum atomic E-state index is 11.8. The molecule has 1 amide bonds. The highest BCUT2D eigenvalue weighted by Crippen LogP contribution is 2.21. The van der Waals surface area contributed by atoms with Gasteiger partial charge in [0, 0.05) is 43.8 Å². The average molecular weight is 358 g/mol. The molecule has 2 rings (SSSR count). The topological polar surface area (TPSA) is 72.5 Å². The van der Waals surface area contributed by atoms with Gasteiger partial charge in [-0.05, 0) is 31.4 Å². The third kappa shape index (κ3) is 5.51. The molecule has 0 unspecified atom stereocenters. The van der Waals surface area contributed by atoms with Gasteiger partial charge in [-0.25, -0.2) is 4.99 Å². The zero-order chi connectivity index (χ0) is 18.9. The van der Waals surface area contributed by atoms with Crippen LogP contribution in [-0.2, 0) is 11.2 Å². The highest BCUT2D eigenvalue weighted by molar-refractivity contribution is 5.86. The fourth-order valence-corrected chi connectivity index (χ4v) is 2.81. The molecule has 1 aromatic heterocycles. The quantitative estimate of drug-likeness (QED) is 0.386. The number of para-hydroxylation sites is 1. The number of nitrogens with one attached hydrogen (secondary N) is 3. The number of unbranched alkanes of at least 4 members (excludes halogenated alkanes) is 1. The summed E-state index contributed by atoms with van der Waals surface area (Å²) >= 11 is 0. The fraction of sp³-hybridized carbons (Fsp3) is 0.500. The minimum absolute atomic E-state index is 0.00550. The van der Waals surface area contributed by atoms with E-state index in [4.69, 9.17) is 0 Å². The number of carbonyl (C=O) groups is 1. The van der Waals surface area contributed by atoms with Gasteiger partial charge in [-0.3, -0.25) is 4.79 Å². The molecule has 0 bridgehead atoms. The molecular formula is C20H31N5O. The Bertz CT molecular complexity index is 748. The Labute approximate surface area is 156 Å². The normalized spacial score (nSPS) is 11.6. The van der Waals surface area contributed by atoms with Gasteiger partial charge in [0.05, 0.1) is 0 Å². The van der Waals surface area contributed by atoms with Crippen molar-refractivity contribution in [1.82, 2.24) is 20.5 Å². The van der Waals surface area contributed by atoms with E-state index in [1.165, 1.54) is 22.2 Å². The van der Waals surface area contributed by atoms with Crippen molar-refractivity contribution in [2.75, 3.05) is 33.7 Å². The zero-order valence-corrected chi connectivity index (χ0v) is 16.4. The van der Waals surface area contributed by atoms with Crippen LogP contribution >= 0.6 is 0 Å². The van der Waals surface area contributed by atoms with Gasteiger partial charge in [-0.15, -0.1) is 0 Å². The number of aromatic amines is 1. The molecule has 2 aromatic rings. The molecule has 0 radical (unpaired) electrons.